The Morgan fingerprint density at radius 2 is 1.48 bits per heavy atom. The van der Waals surface area contributed by atoms with E-state index in [1.165, 1.54) is 17.7 Å². The van der Waals surface area contributed by atoms with Crippen molar-refractivity contribution in [1.82, 2.24) is 25.6 Å². The average molecular weight is 854 g/mol. The van der Waals surface area contributed by atoms with Crippen molar-refractivity contribution in [2.45, 2.75) is 65.0 Å². The van der Waals surface area contributed by atoms with E-state index in [1.54, 1.807) is 6.07 Å². The van der Waals surface area contributed by atoms with Gasteiger partial charge in [0, 0.05) is 30.2 Å². The third-order valence-corrected chi connectivity index (χ3v) is 11.0. The van der Waals surface area contributed by atoms with Crippen LogP contribution in [0.2, 0.25) is 5.02 Å². The first-order valence-electron chi connectivity index (χ1n) is 20.6. The summed E-state index contributed by atoms with van der Waals surface area (Å²) in [6.45, 7) is 8.34. The van der Waals surface area contributed by atoms with Crippen LogP contribution in [0, 0.1) is 11.2 Å². The number of amides is 2. The number of ether oxygens (including phenoxy) is 1. The largest absolute Gasteiger partial charge is 0.458 e. The lowest BCUT2D eigenvalue weighted by atomic mass is 9.92. The van der Waals surface area contributed by atoms with Gasteiger partial charge in [0.1, 0.15) is 12.4 Å². The second-order valence-electron chi connectivity index (χ2n) is 16.6. The molecule has 0 bridgehead atoms. The molecule has 4 N–H and O–H groups in total. The molecule has 0 atom stereocenters. The number of anilines is 3. The van der Waals surface area contributed by atoms with Gasteiger partial charge in [0.25, 0.3) is 11.8 Å². The first-order valence-corrected chi connectivity index (χ1v) is 20.9. The van der Waals surface area contributed by atoms with Crippen molar-refractivity contribution < 1.29 is 23.5 Å². The summed E-state index contributed by atoms with van der Waals surface area (Å²) < 4.78 is 21.6. The number of hydrogen-bond acceptors (Lipinski definition) is 9. The average Bonchev–Trinajstić information content (AvgIpc) is 4.05. The van der Waals surface area contributed by atoms with Crippen LogP contribution in [0.25, 0.3) is 11.1 Å². The van der Waals surface area contributed by atoms with E-state index >= 15 is 4.39 Å². The molecule has 6 aromatic rings. The molecule has 62 heavy (non-hydrogen) atoms. The summed E-state index contributed by atoms with van der Waals surface area (Å²) in [5.41, 5.74) is 4.86. The van der Waals surface area contributed by atoms with Gasteiger partial charge in [-0.3, -0.25) is 14.4 Å². The molecular weight excluding hydrogens is 805 g/mol. The molecule has 318 valence electrons. The monoisotopic (exact) mass is 853 g/mol. The van der Waals surface area contributed by atoms with Gasteiger partial charge in [-0.2, -0.15) is 15.0 Å². The van der Waals surface area contributed by atoms with E-state index in [9.17, 15) is 14.4 Å². The summed E-state index contributed by atoms with van der Waals surface area (Å²) in [4.78, 5) is 52.7. The lowest BCUT2D eigenvalue weighted by Crippen LogP contribution is -2.44. The topological polar surface area (TPSA) is 147 Å². The van der Waals surface area contributed by atoms with Gasteiger partial charge in [0.2, 0.25) is 17.7 Å². The van der Waals surface area contributed by atoms with E-state index in [0.29, 0.717) is 16.6 Å². The number of carbonyl (C=O) groups is 3. The zero-order chi connectivity index (χ0) is 43.9. The number of rotatable bonds is 18. The predicted molar refractivity (Wildman–Crippen MR) is 240 cm³/mol. The van der Waals surface area contributed by atoms with Gasteiger partial charge in [-0.05, 0) is 87.9 Å². The minimum Gasteiger partial charge on any atom is -0.458 e. The Morgan fingerprint density at radius 3 is 2.18 bits per heavy atom. The smallest absolute Gasteiger partial charge is 0.323 e. The van der Waals surface area contributed by atoms with Crippen molar-refractivity contribution in [1.29, 1.82) is 0 Å². The van der Waals surface area contributed by atoms with E-state index in [1.807, 2.05) is 105 Å². The van der Waals surface area contributed by atoms with Crippen LogP contribution in [0.5, 0.6) is 6.01 Å². The van der Waals surface area contributed by atoms with E-state index < -0.39 is 28.8 Å². The highest BCUT2D eigenvalue weighted by atomic mass is 35.5. The molecule has 5 aromatic carbocycles. The summed E-state index contributed by atoms with van der Waals surface area (Å²) >= 11 is 6.16. The van der Waals surface area contributed by atoms with Crippen LogP contribution in [0.15, 0.2) is 121 Å². The summed E-state index contributed by atoms with van der Waals surface area (Å²) in [5.74, 6) is -1.92. The molecule has 11 nitrogen and oxygen atoms in total. The molecule has 1 aromatic heterocycles. The molecule has 2 amide bonds. The zero-order valence-electron chi connectivity index (χ0n) is 35.1. The minimum absolute atomic E-state index is 0.0585. The maximum atomic E-state index is 15.6. The number of carbonyl (C=O) groups excluding carboxylic acids is 3. The number of aromatic nitrogens is 3. The Morgan fingerprint density at radius 1 is 0.806 bits per heavy atom. The van der Waals surface area contributed by atoms with E-state index in [4.69, 9.17) is 16.3 Å². The van der Waals surface area contributed by atoms with Crippen LogP contribution in [-0.4, -0.2) is 45.6 Å². The van der Waals surface area contributed by atoms with Crippen molar-refractivity contribution in [3.05, 3.63) is 160 Å². The molecule has 13 heteroatoms. The molecule has 7 rings (SSSR count). The van der Waals surface area contributed by atoms with Crippen LogP contribution < -0.4 is 26.0 Å². The highest BCUT2D eigenvalue weighted by molar-refractivity contribution is 6.36. The number of benzene rings is 5. The highest BCUT2D eigenvalue weighted by Gasteiger charge is 2.45. The highest BCUT2D eigenvalue weighted by Crippen LogP contribution is 2.48. The van der Waals surface area contributed by atoms with Gasteiger partial charge >= 0.3 is 6.01 Å². The Balaban J connectivity index is 0.972. The molecule has 1 aliphatic rings. The van der Waals surface area contributed by atoms with Crippen LogP contribution in [0.4, 0.5) is 22.0 Å². The first kappa shape index (κ1) is 43.4. The number of ketones is 1. The van der Waals surface area contributed by atoms with E-state index in [2.05, 4.69) is 62.2 Å². The number of Topliss-reactive ketones (excluding diaryl/α,β-unsaturated/α-hetero) is 1. The molecule has 1 fully saturated rings. The number of hydrogen-bond donors (Lipinski definition) is 4. The van der Waals surface area contributed by atoms with Crippen molar-refractivity contribution >= 4 is 46.8 Å². The third kappa shape index (κ3) is 11.2. The van der Waals surface area contributed by atoms with Crippen LogP contribution in [-0.2, 0) is 28.2 Å². The lowest BCUT2D eigenvalue weighted by Gasteiger charge is -2.25. The van der Waals surface area contributed by atoms with Gasteiger partial charge in [-0.25, -0.2) is 4.39 Å². The Bertz CT molecular complexity index is 2550. The van der Waals surface area contributed by atoms with Gasteiger partial charge in [-0.15, -0.1) is 0 Å². The van der Waals surface area contributed by atoms with Gasteiger partial charge in [-0.1, -0.05) is 130 Å². The van der Waals surface area contributed by atoms with Gasteiger partial charge < -0.3 is 26.0 Å². The molecule has 0 spiro atoms. The maximum absolute atomic E-state index is 15.6. The van der Waals surface area contributed by atoms with Crippen molar-refractivity contribution in [2.75, 3.05) is 23.7 Å². The fraction of sp³-hybridized carbons (Fsp3) is 0.265. The summed E-state index contributed by atoms with van der Waals surface area (Å²) in [5, 5.41) is 12.6. The predicted octanol–water partition coefficient (Wildman–Crippen LogP) is 9.56. The maximum Gasteiger partial charge on any atom is 0.323 e. The summed E-state index contributed by atoms with van der Waals surface area (Å²) in [6.07, 6.45) is 1.65. The zero-order valence-corrected chi connectivity index (χ0v) is 35.9. The Hall–Kier alpha value is -6.66. The number of nitrogens with zero attached hydrogens (tertiary/aromatic N) is 3. The van der Waals surface area contributed by atoms with E-state index in [-0.39, 0.29) is 55.1 Å². The van der Waals surface area contributed by atoms with Crippen LogP contribution in [0.1, 0.15) is 79.1 Å². The lowest BCUT2D eigenvalue weighted by molar-refractivity contribution is -0.137. The molecule has 1 saturated carbocycles. The van der Waals surface area contributed by atoms with Crippen LogP contribution >= 0.6 is 11.6 Å². The fourth-order valence-corrected chi connectivity index (χ4v) is 7.03. The van der Waals surface area contributed by atoms with Crippen molar-refractivity contribution in [3.8, 4) is 17.1 Å². The second kappa shape index (κ2) is 18.9. The molecule has 0 radical (unpaired) electrons. The summed E-state index contributed by atoms with van der Waals surface area (Å²) in [6, 6.07) is 37.1. The molecule has 0 saturated heterocycles. The fourth-order valence-electron chi connectivity index (χ4n) is 6.90. The molecule has 1 heterocycles. The Labute approximate surface area is 365 Å². The number of nitrogens with one attached hydrogen (secondary N) is 4. The van der Waals surface area contributed by atoms with Gasteiger partial charge in [0.05, 0.1) is 11.1 Å². The standard InChI is InChI=1S/C49H49ClFN7O4/c1-31(2)33-16-14-32(15-17-33)28-62-47-56-45(55-46(57-47)58-49(24-25-49)36-18-20-37(50)21-19-36)54-38-22-23-40(41(51)27-38)43(60)52-29-48(3,4)30-53-44(61)42(59)26-35-12-8-9-13-39(35)34-10-6-5-7-11-34/h5-23,27,31H,24-26,28-30H2,1-4H3,(H,52,60)(H,53,61)(H2,54,55,56,57,58). The molecular formula is C49H49ClFN7O4. The molecule has 0 aliphatic heterocycles. The van der Waals surface area contributed by atoms with Crippen LogP contribution in [0.3, 0.4) is 0 Å². The minimum atomic E-state index is -0.770. The normalized spacial score (nSPS) is 13.0. The molecule has 1 aliphatic carbocycles. The summed E-state index contributed by atoms with van der Waals surface area (Å²) in [7, 11) is 0. The van der Waals surface area contributed by atoms with Gasteiger partial charge in [0.15, 0.2) is 0 Å². The van der Waals surface area contributed by atoms with Crippen molar-refractivity contribution in [2.24, 2.45) is 5.41 Å². The number of halogens is 2. The third-order valence-electron chi connectivity index (χ3n) is 10.8. The SMILES string of the molecule is CC(C)c1ccc(COc2nc(Nc3ccc(C(=O)NCC(C)(C)CNC(=O)C(=O)Cc4ccccc4-c4ccccc4)c(F)c3)nc(NC3(c4ccc(Cl)cc4)CC3)n2)cc1. The van der Waals surface area contributed by atoms with E-state index in [0.717, 1.165) is 40.7 Å². The second-order valence-corrected chi connectivity index (χ2v) is 17.1. The quantitative estimate of drug-likeness (QED) is 0.0621. The molecule has 0 unspecified atom stereocenters. The first-order chi connectivity index (χ1) is 29.8. The Kier molecular flexibility index (Phi) is 13.3. The van der Waals surface area contributed by atoms with Crippen molar-refractivity contribution in [3.63, 3.8) is 0 Å².